The van der Waals surface area contributed by atoms with Gasteiger partial charge in [-0.3, -0.25) is 4.79 Å². The smallest absolute Gasteiger partial charge is 0.252 e. The Morgan fingerprint density at radius 3 is 2.95 bits per heavy atom. The maximum atomic E-state index is 11.7. The Hall–Kier alpha value is -1.40. The van der Waals surface area contributed by atoms with Gasteiger partial charge >= 0.3 is 0 Å². The number of H-pyrrole nitrogens is 1. The number of ether oxygens (including phenoxy) is 1. The zero-order chi connectivity index (χ0) is 13.7. The third-order valence-corrected chi connectivity index (χ3v) is 3.23. The van der Waals surface area contributed by atoms with Crippen molar-refractivity contribution in [2.45, 2.75) is 25.2 Å². The minimum atomic E-state index is -0.0814. The van der Waals surface area contributed by atoms with E-state index in [0.29, 0.717) is 19.1 Å². The second kappa shape index (κ2) is 6.68. The minimum Gasteiger partial charge on any atom is -0.383 e. The van der Waals surface area contributed by atoms with E-state index in [1.807, 2.05) is 0 Å². The fraction of sp³-hybridized carbons (Fsp3) is 0.692. The molecule has 6 heteroatoms. The van der Waals surface area contributed by atoms with Crippen LogP contribution in [0.25, 0.3) is 0 Å². The van der Waals surface area contributed by atoms with Crippen molar-refractivity contribution in [3.8, 4) is 0 Å². The Balaban J connectivity index is 2.15. The number of nitrogens with one attached hydrogen (secondary N) is 1. The highest BCUT2D eigenvalue weighted by molar-refractivity contribution is 5.38. The number of anilines is 1. The van der Waals surface area contributed by atoms with Gasteiger partial charge in [-0.15, -0.1) is 0 Å². The summed E-state index contributed by atoms with van der Waals surface area (Å²) >= 11 is 0. The summed E-state index contributed by atoms with van der Waals surface area (Å²) in [5.41, 5.74) is 5.47. The molecule has 19 heavy (non-hydrogen) atoms. The van der Waals surface area contributed by atoms with Crippen LogP contribution in [0.5, 0.6) is 0 Å². The molecule has 1 aliphatic carbocycles. The highest BCUT2D eigenvalue weighted by Gasteiger charge is 2.26. The predicted octanol–water partition coefficient (Wildman–Crippen LogP) is 0.449. The van der Waals surface area contributed by atoms with Gasteiger partial charge in [-0.2, -0.15) is 0 Å². The van der Waals surface area contributed by atoms with E-state index in [4.69, 9.17) is 10.5 Å². The maximum absolute atomic E-state index is 11.7. The van der Waals surface area contributed by atoms with Gasteiger partial charge in [-0.05, 0) is 25.8 Å². The lowest BCUT2D eigenvalue weighted by Crippen LogP contribution is -2.31. The third-order valence-electron chi connectivity index (χ3n) is 3.23. The molecule has 1 fully saturated rings. The van der Waals surface area contributed by atoms with Gasteiger partial charge in [0.1, 0.15) is 11.6 Å². The molecule has 0 bridgehead atoms. The molecule has 0 amide bonds. The fourth-order valence-electron chi connectivity index (χ4n) is 2.00. The number of rotatable bonds is 8. The molecule has 0 aliphatic heterocycles. The zero-order valence-electron chi connectivity index (χ0n) is 11.4. The van der Waals surface area contributed by atoms with E-state index >= 15 is 0 Å². The van der Waals surface area contributed by atoms with Crippen molar-refractivity contribution in [1.29, 1.82) is 0 Å². The molecule has 1 saturated carbocycles. The lowest BCUT2D eigenvalue weighted by molar-refractivity contribution is 0.205. The van der Waals surface area contributed by atoms with Crippen LogP contribution < -0.4 is 16.2 Å². The minimum absolute atomic E-state index is 0.0814. The summed E-state index contributed by atoms with van der Waals surface area (Å²) in [4.78, 5) is 21.2. The monoisotopic (exact) mass is 266 g/mol. The summed E-state index contributed by atoms with van der Waals surface area (Å²) in [6.07, 6.45) is 3.11. The van der Waals surface area contributed by atoms with E-state index in [9.17, 15) is 4.79 Å². The Morgan fingerprint density at radius 2 is 2.32 bits per heavy atom. The van der Waals surface area contributed by atoms with Crippen LogP contribution in [0.3, 0.4) is 0 Å². The number of aromatic amines is 1. The van der Waals surface area contributed by atoms with E-state index in [-0.39, 0.29) is 5.56 Å². The summed E-state index contributed by atoms with van der Waals surface area (Å²) in [6, 6.07) is 1.55. The van der Waals surface area contributed by atoms with Gasteiger partial charge < -0.3 is 20.4 Å². The number of methoxy groups -OCH3 is 1. The van der Waals surface area contributed by atoms with Crippen LogP contribution in [0.2, 0.25) is 0 Å². The Labute approximate surface area is 113 Å². The quantitative estimate of drug-likeness (QED) is 0.713. The maximum Gasteiger partial charge on any atom is 0.252 e. The van der Waals surface area contributed by atoms with Gasteiger partial charge in [0.15, 0.2) is 0 Å². The summed E-state index contributed by atoms with van der Waals surface area (Å²) in [5.74, 6) is 1.99. The Morgan fingerprint density at radius 1 is 1.53 bits per heavy atom. The molecule has 0 spiro atoms. The summed E-state index contributed by atoms with van der Waals surface area (Å²) < 4.78 is 5.11. The molecular weight excluding hydrogens is 244 g/mol. The van der Waals surface area contributed by atoms with Gasteiger partial charge in [0.2, 0.25) is 0 Å². The van der Waals surface area contributed by atoms with Crippen molar-refractivity contribution in [3.63, 3.8) is 0 Å². The highest BCUT2D eigenvalue weighted by Crippen LogP contribution is 2.37. The number of hydrogen-bond donors (Lipinski definition) is 2. The van der Waals surface area contributed by atoms with Gasteiger partial charge in [0, 0.05) is 32.2 Å². The van der Waals surface area contributed by atoms with Crippen LogP contribution in [0, 0.1) is 0 Å². The number of nitrogens with two attached hydrogens (primary N) is 1. The fourth-order valence-corrected chi connectivity index (χ4v) is 2.00. The molecule has 0 unspecified atom stereocenters. The summed E-state index contributed by atoms with van der Waals surface area (Å²) in [7, 11) is 1.67. The molecule has 1 heterocycles. The zero-order valence-corrected chi connectivity index (χ0v) is 11.4. The SMILES string of the molecule is COCCN(CCCN)c1cc(=O)[nH]c(C2CC2)n1. The molecule has 2 rings (SSSR count). The normalized spacial score (nSPS) is 14.6. The van der Waals surface area contributed by atoms with Crippen LogP contribution in [0.4, 0.5) is 5.82 Å². The van der Waals surface area contributed by atoms with Crippen molar-refractivity contribution in [1.82, 2.24) is 9.97 Å². The number of nitrogens with zero attached hydrogens (tertiary/aromatic N) is 2. The number of hydrogen-bond acceptors (Lipinski definition) is 5. The molecule has 3 N–H and O–H groups in total. The topological polar surface area (TPSA) is 84.2 Å². The van der Waals surface area contributed by atoms with Crippen molar-refractivity contribution in [2.24, 2.45) is 5.73 Å². The molecule has 106 valence electrons. The Kier molecular flexibility index (Phi) is 4.93. The highest BCUT2D eigenvalue weighted by atomic mass is 16.5. The molecular formula is C13H22N4O2. The molecule has 1 aromatic rings. The van der Waals surface area contributed by atoms with Crippen molar-refractivity contribution in [2.75, 3.05) is 38.3 Å². The van der Waals surface area contributed by atoms with Crippen LogP contribution >= 0.6 is 0 Å². The molecule has 0 saturated heterocycles. The first-order valence-electron chi connectivity index (χ1n) is 6.80. The van der Waals surface area contributed by atoms with Crippen LogP contribution in [-0.2, 0) is 4.74 Å². The molecule has 6 nitrogen and oxygen atoms in total. The molecule has 0 aromatic carbocycles. The van der Waals surface area contributed by atoms with E-state index in [1.54, 1.807) is 13.2 Å². The van der Waals surface area contributed by atoms with E-state index in [0.717, 1.165) is 44.0 Å². The van der Waals surface area contributed by atoms with Crippen LogP contribution in [-0.4, -0.2) is 43.3 Å². The van der Waals surface area contributed by atoms with Gasteiger partial charge in [-0.25, -0.2) is 4.98 Å². The molecule has 0 radical (unpaired) electrons. The van der Waals surface area contributed by atoms with Gasteiger partial charge in [-0.1, -0.05) is 0 Å². The largest absolute Gasteiger partial charge is 0.383 e. The van der Waals surface area contributed by atoms with Gasteiger partial charge in [0.05, 0.1) is 6.61 Å². The first-order chi connectivity index (χ1) is 9.24. The lowest BCUT2D eigenvalue weighted by atomic mass is 10.3. The lowest BCUT2D eigenvalue weighted by Gasteiger charge is -2.23. The van der Waals surface area contributed by atoms with Crippen molar-refractivity contribution >= 4 is 5.82 Å². The first-order valence-corrected chi connectivity index (χ1v) is 6.80. The summed E-state index contributed by atoms with van der Waals surface area (Å²) in [6.45, 7) is 2.75. The van der Waals surface area contributed by atoms with Gasteiger partial charge in [0.25, 0.3) is 5.56 Å². The average Bonchev–Trinajstić information content (AvgIpc) is 3.22. The average molecular weight is 266 g/mol. The van der Waals surface area contributed by atoms with Crippen LogP contribution in [0.1, 0.15) is 31.0 Å². The predicted molar refractivity (Wildman–Crippen MR) is 74.6 cm³/mol. The Bertz CT molecular complexity index is 448. The molecule has 0 atom stereocenters. The van der Waals surface area contributed by atoms with E-state index in [1.165, 1.54) is 0 Å². The third kappa shape index (κ3) is 4.04. The summed E-state index contributed by atoms with van der Waals surface area (Å²) in [5, 5.41) is 0. The second-order valence-corrected chi connectivity index (χ2v) is 4.89. The first kappa shape index (κ1) is 14.0. The van der Waals surface area contributed by atoms with Crippen molar-refractivity contribution in [3.05, 3.63) is 22.2 Å². The standard InChI is InChI=1S/C13H22N4O2/c1-19-8-7-17(6-2-5-14)11-9-12(18)16-13(15-11)10-3-4-10/h9-10H,2-8,14H2,1H3,(H,15,16,18). The van der Waals surface area contributed by atoms with Crippen LogP contribution in [0.15, 0.2) is 10.9 Å². The van der Waals surface area contributed by atoms with Crippen molar-refractivity contribution < 1.29 is 4.74 Å². The molecule has 1 aromatic heterocycles. The van der Waals surface area contributed by atoms with E-state index in [2.05, 4.69) is 14.9 Å². The molecule has 1 aliphatic rings. The number of aromatic nitrogens is 2. The van der Waals surface area contributed by atoms with E-state index < -0.39 is 0 Å². The second-order valence-electron chi connectivity index (χ2n) is 4.89.